The standard InChI is InChI=1S/C15H31N/c1-6-10-15(7-2)11-8-9-12-16(5)13-14(3)4/h7,14H,6,8-13H2,1-5H3/b15-7+. The fourth-order valence-electron chi connectivity index (χ4n) is 2.18. The van der Waals surface area contributed by atoms with E-state index in [4.69, 9.17) is 0 Å². The van der Waals surface area contributed by atoms with Crippen LogP contribution in [0.2, 0.25) is 0 Å². The van der Waals surface area contributed by atoms with Gasteiger partial charge in [0.05, 0.1) is 0 Å². The summed E-state index contributed by atoms with van der Waals surface area (Å²) in [5.74, 6) is 0.788. The number of rotatable bonds is 9. The topological polar surface area (TPSA) is 3.24 Å². The van der Waals surface area contributed by atoms with Crippen molar-refractivity contribution >= 4 is 0 Å². The zero-order valence-corrected chi connectivity index (χ0v) is 12.1. The summed E-state index contributed by atoms with van der Waals surface area (Å²) in [6.45, 7) is 11.5. The summed E-state index contributed by atoms with van der Waals surface area (Å²) < 4.78 is 0. The molecule has 0 aromatic rings. The quantitative estimate of drug-likeness (QED) is 0.413. The minimum Gasteiger partial charge on any atom is -0.306 e. The second kappa shape index (κ2) is 9.89. The second-order valence-corrected chi connectivity index (χ2v) is 5.31. The van der Waals surface area contributed by atoms with Crippen molar-refractivity contribution in [3.8, 4) is 0 Å². The molecule has 0 radical (unpaired) electrons. The Labute approximate surface area is 103 Å². The molecule has 0 saturated heterocycles. The Hall–Kier alpha value is -0.300. The van der Waals surface area contributed by atoms with E-state index >= 15 is 0 Å². The molecule has 0 amide bonds. The Morgan fingerprint density at radius 1 is 1.19 bits per heavy atom. The molecule has 0 aliphatic carbocycles. The predicted octanol–water partition coefficient (Wildman–Crippen LogP) is 4.49. The molecule has 0 aliphatic heterocycles. The van der Waals surface area contributed by atoms with Crippen LogP contribution in [-0.2, 0) is 0 Å². The molecule has 1 nitrogen and oxygen atoms in total. The first-order valence-corrected chi connectivity index (χ1v) is 6.92. The summed E-state index contributed by atoms with van der Waals surface area (Å²) in [5, 5.41) is 0. The predicted molar refractivity (Wildman–Crippen MR) is 74.9 cm³/mol. The lowest BCUT2D eigenvalue weighted by Gasteiger charge is -2.18. The first-order valence-electron chi connectivity index (χ1n) is 6.92. The van der Waals surface area contributed by atoms with Gasteiger partial charge in [0.2, 0.25) is 0 Å². The van der Waals surface area contributed by atoms with Crippen molar-refractivity contribution in [2.75, 3.05) is 20.1 Å². The summed E-state index contributed by atoms with van der Waals surface area (Å²) in [5.41, 5.74) is 1.65. The summed E-state index contributed by atoms with van der Waals surface area (Å²) in [4.78, 5) is 2.46. The summed E-state index contributed by atoms with van der Waals surface area (Å²) in [6, 6.07) is 0. The van der Waals surface area contributed by atoms with Crippen molar-refractivity contribution in [2.45, 2.75) is 59.8 Å². The minimum atomic E-state index is 0.788. The largest absolute Gasteiger partial charge is 0.306 e. The monoisotopic (exact) mass is 225 g/mol. The van der Waals surface area contributed by atoms with Crippen molar-refractivity contribution in [1.82, 2.24) is 4.90 Å². The van der Waals surface area contributed by atoms with Gasteiger partial charge in [0.25, 0.3) is 0 Å². The van der Waals surface area contributed by atoms with Gasteiger partial charge < -0.3 is 4.90 Å². The Morgan fingerprint density at radius 2 is 1.88 bits per heavy atom. The van der Waals surface area contributed by atoms with E-state index in [0.717, 1.165) is 5.92 Å². The maximum Gasteiger partial charge on any atom is 0.000133 e. The first-order chi connectivity index (χ1) is 7.60. The van der Waals surface area contributed by atoms with Gasteiger partial charge in [0.1, 0.15) is 0 Å². The SMILES string of the molecule is C/C=C(\CCC)CCCCN(C)CC(C)C. The number of allylic oxidation sites excluding steroid dienone is 2. The molecule has 0 spiro atoms. The van der Waals surface area contributed by atoms with E-state index in [1.807, 2.05) is 0 Å². The summed E-state index contributed by atoms with van der Waals surface area (Å²) in [6.07, 6.45) is 8.87. The van der Waals surface area contributed by atoms with Crippen LogP contribution < -0.4 is 0 Å². The third kappa shape index (κ3) is 8.96. The Balaban J connectivity index is 3.51. The van der Waals surface area contributed by atoms with Crippen LogP contribution in [-0.4, -0.2) is 25.0 Å². The van der Waals surface area contributed by atoms with Gasteiger partial charge in [-0.25, -0.2) is 0 Å². The van der Waals surface area contributed by atoms with Gasteiger partial charge in [0.15, 0.2) is 0 Å². The van der Waals surface area contributed by atoms with Crippen LogP contribution in [0.25, 0.3) is 0 Å². The second-order valence-electron chi connectivity index (χ2n) is 5.31. The lowest BCUT2D eigenvalue weighted by atomic mass is 10.0. The van der Waals surface area contributed by atoms with Crippen molar-refractivity contribution in [3.05, 3.63) is 11.6 Å². The highest BCUT2D eigenvalue weighted by atomic mass is 15.1. The summed E-state index contributed by atoms with van der Waals surface area (Å²) >= 11 is 0. The Kier molecular flexibility index (Phi) is 9.71. The highest BCUT2D eigenvalue weighted by Crippen LogP contribution is 2.13. The molecule has 0 aromatic heterocycles. The van der Waals surface area contributed by atoms with Crippen molar-refractivity contribution < 1.29 is 0 Å². The third-order valence-corrected chi connectivity index (χ3v) is 2.94. The zero-order chi connectivity index (χ0) is 12.4. The number of nitrogens with zero attached hydrogens (tertiary/aromatic N) is 1. The molecule has 1 heteroatoms. The number of hydrogen-bond donors (Lipinski definition) is 0. The molecule has 0 aromatic carbocycles. The van der Waals surface area contributed by atoms with Gasteiger partial charge in [-0.2, -0.15) is 0 Å². The molecule has 0 bridgehead atoms. The van der Waals surface area contributed by atoms with Crippen LogP contribution >= 0.6 is 0 Å². The molecule has 0 aliphatic rings. The molecular formula is C15H31N. The maximum absolute atomic E-state index is 2.46. The third-order valence-electron chi connectivity index (χ3n) is 2.94. The molecule has 0 N–H and O–H groups in total. The van der Waals surface area contributed by atoms with E-state index in [0.29, 0.717) is 0 Å². The molecule has 0 rings (SSSR count). The number of unbranched alkanes of at least 4 members (excludes halogenated alkanes) is 1. The molecule has 16 heavy (non-hydrogen) atoms. The van der Waals surface area contributed by atoms with Gasteiger partial charge in [-0.1, -0.05) is 38.8 Å². The smallest absolute Gasteiger partial charge is 0.000133 e. The lowest BCUT2D eigenvalue weighted by molar-refractivity contribution is 0.289. The lowest BCUT2D eigenvalue weighted by Crippen LogP contribution is -2.24. The fraction of sp³-hybridized carbons (Fsp3) is 0.867. The minimum absolute atomic E-state index is 0.788. The van der Waals surface area contributed by atoms with Gasteiger partial charge in [-0.05, 0) is 52.1 Å². The van der Waals surface area contributed by atoms with Gasteiger partial charge >= 0.3 is 0 Å². The number of hydrogen-bond acceptors (Lipinski definition) is 1. The Bertz CT molecular complexity index is 182. The van der Waals surface area contributed by atoms with E-state index < -0.39 is 0 Å². The maximum atomic E-state index is 2.46. The van der Waals surface area contributed by atoms with Crippen LogP contribution in [0.15, 0.2) is 11.6 Å². The average Bonchev–Trinajstić information content (AvgIpc) is 2.21. The van der Waals surface area contributed by atoms with Crippen molar-refractivity contribution in [3.63, 3.8) is 0 Å². The Morgan fingerprint density at radius 3 is 2.38 bits per heavy atom. The highest BCUT2D eigenvalue weighted by Gasteiger charge is 2.01. The van der Waals surface area contributed by atoms with E-state index in [-0.39, 0.29) is 0 Å². The van der Waals surface area contributed by atoms with E-state index in [1.165, 1.54) is 45.2 Å². The molecule has 0 atom stereocenters. The van der Waals surface area contributed by atoms with Gasteiger partial charge in [0, 0.05) is 6.54 Å². The van der Waals surface area contributed by atoms with Crippen LogP contribution in [0, 0.1) is 5.92 Å². The molecule has 0 heterocycles. The normalized spacial score (nSPS) is 12.8. The molecule has 96 valence electrons. The molecule has 0 fully saturated rings. The van der Waals surface area contributed by atoms with Gasteiger partial charge in [-0.3, -0.25) is 0 Å². The van der Waals surface area contributed by atoms with Crippen LogP contribution in [0.4, 0.5) is 0 Å². The molecular weight excluding hydrogens is 194 g/mol. The van der Waals surface area contributed by atoms with Crippen molar-refractivity contribution in [1.29, 1.82) is 0 Å². The van der Waals surface area contributed by atoms with Gasteiger partial charge in [-0.15, -0.1) is 0 Å². The van der Waals surface area contributed by atoms with Crippen LogP contribution in [0.3, 0.4) is 0 Å². The van der Waals surface area contributed by atoms with Crippen molar-refractivity contribution in [2.24, 2.45) is 5.92 Å². The van der Waals surface area contributed by atoms with E-state index in [2.05, 4.69) is 45.7 Å². The first kappa shape index (κ1) is 15.7. The summed E-state index contributed by atoms with van der Waals surface area (Å²) in [7, 11) is 2.24. The highest BCUT2D eigenvalue weighted by molar-refractivity contribution is 4.99. The van der Waals surface area contributed by atoms with E-state index in [9.17, 15) is 0 Å². The average molecular weight is 225 g/mol. The van der Waals surface area contributed by atoms with E-state index in [1.54, 1.807) is 5.57 Å². The fourth-order valence-corrected chi connectivity index (χ4v) is 2.18. The zero-order valence-electron chi connectivity index (χ0n) is 12.1. The van der Waals surface area contributed by atoms with Crippen LogP contribution in [0.1, 0.15) is 59.8 Å². The molecule has 0 saturated carbocycles. The molecule has 0 unspecified atom stereocenters. The van der Waals surface area contributed by atoms with Crippen LogP contribution in [0.5, 0.6) is 0 Å².